The van der Waals surface area contributed by atoms with Crippen molar-refractivity contribution in [2.45, 2.75) is 52.9 Å². The van der Waals surface area contributed by atoms with Crippen LogP contribution in [0.25, 0.3) is 0 Å². The molecule has 76 valence electrons. The van der Waals surface area contributed by atoms with Crippen molar-refractivity contribution < 1.29 is 0 Å². The van der Waals surface area contributed by atoms with Crippen molar-refractivity contribution in [2.75, 3.05) is 0 Å². The summed E-state index contributed by atoms with van der Waals surface area (Å²) in [4.78, 5) is 0. The molecule has 1 fully saturated rings. The summed E-state index contributed by atoms with van der Waals surface area (Å²) in [5.74, 6) is 2.58. The first kappa shape index (κ1) is 10.8. The third-order valence-electron chi connectivity index (χ3n) is 3.39. The Kier molecular flexibility index (Phi) is 4.02. The van der Waals surface area contributed by atoms with Gasteiger partial charge in [-0.15, -0.1) is 0 Å². The minimum atomic E-state index is 0.670. The predicted octanol–water partition coefficient (Wildman–Crippen LogP) is 4.42. The standard InChI is InChI=1S/C13H24/c1-10(2)12(4)8-11(3)9-13-6-5-7-13/h10-11,13H,4-9H2,1-3H3. The van der Waals surface area contributed by atoms with E-state index in [-0.39, 0.29) is 0 Å². The highest BCUT2D eigenvalue weighted by Gasteiger charge is 2.20. The molecule has 1 aliphatic carbocycles. The van der Waals surface area contributed by atoms with Gasteiger partial charge >= 0.3 is 0 Å². The van der Waals surface area contributed by atoms with E-state index in [2.05, 4.69) is 27.4 Å². The summed E-state index contributed by atoms with van der Waals surface area (Å²) in [7, 11) is 0. The van der Waals surface area contributed by atoms with E-state index in [0.29, 0.717) is 5.92 Å². The average Bonchev–Trinajstić information content (AvgIpc) is 1.96. The maximum absolute atomic E-state index is 4.15. The third-order valence-corrected chi connectivity index (χ3v) is 3.39. The second-order valence-electron chi connectivity index (χ2n) is 5.15. The van der Waals surface area contributed by atoms with Crippen LogP contribution in [0.4, 0.5) is 0 Å². The molecular weight excluding hydrogens is 156 g/mol. The van der Waals surface area contributed by atoms with Crippen LogP contribution in [0.2, 0.25) is 0 Å². The number of hydrogen-bond acceptors (Lipinski definition) is 0. The third kappa shape index (κ3) is 3.54. The predicted molar refractivity (Wildman–Crippen MR) is 59.7 cm³/mol. The summed E-state index contributed by atoms with van der Waals surface area (Å²) in [5, 5.41) is 0. The van der Waals surface area contributed by atoms with Gasteiger partial charge in [0, 0.05) is 0 Å². The molecule has 1 rings (SSSR count). The molecule has 0 N–H and O–H groups in total. The minimum absolute atomic E-state index is 0.670. The second-order valence-corrected chi connectivity index (χ2v) is 5.15. The summed E-state index contributed by atoms with van der Waals surface area (Å²) < 4.78 is 0. The molecule has 0 aliphatic heterocycles. The molecule has 0 aromatic heterocycles. The van der Waals surface area contributed by atoms with Crippen LogP contribution < -0.4 is 0 Å². The Morgan fingerprint density at radius 3 is 2.31 bits per heavy atom. The van der Waals surface area contributed by atoms with Crippen molar-refractivity contribution in [3.05, 3.63) is 12.2 Å². The zero-order chi connectivity index (χ0) is 9.84. The van der Waals surface area contributed by atoms with Crippen molar-refractivity contribution >= 4 is 0 Å². The molecule has 0 nitrogen and oxygen atoms in total. The molecular formula is C13H24. The fourth-order valence-electron chi connectivity index (χ4n) is 2.06. The lowest BCUT2D eigenvalue weighted by Crippen LogP contribution is -2.15. The molecule has 1 aliphatic rings. The Morgan fingerprint density at radius 2 is 1.92 bits per heavy atom. The van der Waals surface area contributed by atoms with Crippen LogP contribution in [0.5, 0.6) is 0 Å². The maximum atomic E-state index is 4.15. The monoisotopic (exact) mass is 180 g/mol. The number of allylic oxidation sites excluding steroid dienone is 1. The lowest BCUT2D eigenvalue weighted by molar-refractivity contribution is 0.254. The fraction of sp³-hybridized carbons (Fsp3) is 0.846. The van der Waals surface area contributed by atoms with E-state index in [1.54, 1.807) is 0 Å². The van der Waals surface area contributed by atoms with E-state index >= 15 is 0 Å². The zero-order valence-corrected chi connectivity index (χ0v) is 9.47. The Balaban J connectivity index is 2.15. The summed E-state index contributed by atoms with van der Waals surface area (Å²) in [5.41, 5.74) is 1.44. The van der Waals surface area contributed by atoms with Gasteiger partial charge in [0.15, 0.2) is 0 Å². The molecule has 0 heteroatoms. The Morgan fingerprint density at radius 1 is 1.31 bits per heavy atom. The molecule has 0 spiro atoms. The molecule has 1 atom stereocenters. The molecule has 1 saturated carbocycles. The summed E-state index contributed by atoms with van der Waals surface area (Å²) in [6.45, 7) is 11.0. The molecule has 0 radical (unpaired) electrons. The van der Waals surface area contributed by atoms with Crippen LogP contribution in [0.15, 0.2) is 12.2 Å². The van der Waals surface area contributed by atoms with Crippen LogP contribution >= 0.6 is 0 Å². The molecule has 1 unspecified atom stereocenters. The van der Waals surface area contributed by atoms with E-state index in [1.807, 2.05) is 0 Å². The van der Waals surface area contributed by atoms with Gasteiger partial charge in [-0.3, -0.25) is 0 Å². The van der Waals surface area contributed by atoms with Gasteiger partial charge in [-0.1, -0.05) is 52.2 Å². The highest BCUT2D eigenvalue weighted by atomic mass is 14.3. The van der Waals surface area contributed by atoms with E-state index in [9.17, 15) is 0 Å². The Bertz CT molecular complexity index is 163. The van der Waals surface area contributed by atoms with Gasteiger partial charge in [-0.25, -0.2) is 0 Å². The van der Waals surface area contributed by atoms with Gasteiger partial charge in [-0.05, 0) is 30.6 Å². The van der Waals surface area contributed by atoms with Crippen LogP contribution in [-0.2, 0) is 0 Å². The molecule has 0 aromatic rings. The van der Waals surface area contributed by atoms with Crippen molar-refractivity contribution in [1.29, 1.82) is 0 Å². The lowest BCUT2D eigenvalue weighted by atomic mass is 9.77. The molecule has 0 aromatic carbocycles. The molecule has 0 amide bonds. The van der Waals surface area contributed by atoms with Crippen LogP contribution in [-0.4, -0.2) is 0 Å². The first-order chi connectivity index (χ1) is 6.09. The second kappa shape index (κ2) is 4.83. The highest BCUT2D eigenvalue weighted by Crippen LogP contribution is 2.34. The quantitative estimate of drug-likeness (QED) is 0.550. The van der Waals surface area contributed by atoms with E-state index in [4.69, 9.17) is 0 Å². The van der Waals surface area contributed by atoms with Crippen molar-refractivity contribution in [2.24, 2.45) is 17.8 Å². The molecule has 0 heterocycles. The fourth-order valence-corrected chi connectivity index (χ4v) is 2.06. The number of hydrogen-bond donors (Lipinski definition) is 0. The molecule has 13 heavy (non-hydrogen) atoms. The first-order valence-electron chi connectivity index (χ1n) is 5.77. The van der Waals surface area contributed by atoms with Gasteiger partial charge in [0.25, 0.3) is 0 Å². The van der Waals surface area contributed by atoms with Gasteiger partial charge in [-0.2, -0.15) is 0 Å². The van der Waals surface area contributed by atoms with Crippen molar-refractivity contribution in [3.63, 3.8) is 0 Å². The van der Waals surface area contributed by atoms with Crippen molar-refractivity contribution in [1.82, 2.24) is 0 Å². The summed E-state index contributed by atoms with van der Waals surface area (Å²) in [6, 6.07) is 0. The van der Waals surface area contributed by atoms with Crippen LogP contribution in [0.1, 0.15) is 52.9 Å². The van der Waals surface area contributed by atoms with E-state index in [1.165, 1.54) is 37.7 Å². The van der Waals surface area contributed by atoms with E-state index in [0.717, 1.165) is 11.8 Å². The SMILES string of the molecule is C=C(CC(C)CC1CCC1)C(C)C. The van der Waals surface area contributed by atoms with Gasteiger partial charge in [0.1, 0.15) is 0 Å². The molecule has 0 saturated heterocycles. The maximum Gasteiger partial charge on any atom is -0.0263 e. The van der Waals surface area contributed by atoms with Crippen LogP contribution in [0, 0.1) is 17.8 Å². The topological polar surface area (TPSA) is 0 Å². The smallest absolute Gasteiger partial charge is 0.0263 e. The Hall–Kier alpha value is -0.260. The van der Waals surface area contributed by atoms with Crippen LogP contribution in [0.3, 0.4) is 0 Å². The molecule has 0 bridgehead atoms. The highest BCUT2D eigenvalue weighted by molar-refractivity contribution is 4.98. The largest absolute Gasteiger partial charge is 0.0996 e. The summed E-state index contributed by atoms with van der Waals surface area (Å²) in [6.07, 6.45) is 7.12. The zero-order valence-electron chi connectivity index (χ0n) is 9.47. The minimum Gasteiger partial charge on any atom is -0.0996 e. The normalized spacial score (nSPS) is 20.0. The van der Waals surface area contributed by atoms with E-state index < -0.39 is 0 Å². The lowest BCUT2D eigenvalue weighted by Gasteiger charge is -2.28. The first-order valence-corrected chi connectivity index (χ1v) is 5.77. The van der Waals surface area contributed by atoms with Crippen molar-refractivity contribution in [3.8, 4) is 0 Å². The summed E-state index contributed by atoms with van der Waals surface area (Å²) >= 11 is 0. The number of rotatable bonds is 5. The Labute approximate surface area is 83.4 Å². The van der Waals surface area contributed by atoms with Gasteiger partial charge < -0.3 is 0 Å². The van der Waals surface area contributed by atoms with Gasteiger partial charge in [0.05, 0.1) is 0 Å². The average molecular weight is 180 g/mol. The van der Waals surface area contributed by atoms with Gasteiger partial charge in [0.2, 0.25) is 0 Å².